The fourth-order valence-electron chi connectivity index (χ4n) is 3.32. The van der Waals surface area contributed by atoms with E-state index in [0.29, 0.717) is 47.1 Å². The van der Waals surface area contributed by atoms with Crippen molar-refractivity contribution in [3.8, 4) is 0 Å². The van der Waals surface area contributed by atoms with E-state index in [1.54, 1.807) is 35.5 Å². The number of anilines is 2. The number of hydrogen-bond donors (Lipinski definition) is 2. The van der Waals surface area contributed by atoms with Crippen molar-refractivity contribution in [1.29, 1.82) is 0 Å². The second kappa shape index (κ2) is 9.03. The number of amides is 2. The van der Waals surface area contributed by atoms with Gasteiger partial charge in [0.1, 0.15) is 11.6 Å². The number of nitrogens with one attached hydrogen (secondary N) is 2. The summed E-state index contributed by atoms with van der Waals surface area (Å²) >= 11 is 12.1. The summed E-state index contributed by atoms with van der Waals surface area (Å²) in [5, 5.41) is 7.05. The average Bonchev–Trinajstić information content (AvgIpc) is 2.75. The number of hydrogen-bond acceptors (Lipinski definition) is 6. The summed E-state index contributed by atoms with van der Waals surface area (Å²) in [5.74, 6) is 1.71. The molecular weight excluding hydrogens is 437 g/mol. The third kappa shape index (κ3) is 5.03. The van der Waals surface area contributed by atoms with Gasteiger partial charge in [0.15, 0.2) is 0 Å². The molecule has 0 saturated carbocycles. The zero-order chi connectivity index (χ0) is 22.0. The number of benzene rings is 1. The molecule has 1 aromatic carbocycles. The van der Waals surface area contributed by atoms with Gasteiger partial charge in [0.05, 0.1) is 28.3 Å². The third-order valence-electron chi connectivity index (χ3n) is 5.03. The standard InChI is InChI=1S/C21H21Cl2N7O/c1-12(14-3-4-16(22)17(23)9-14)26-21(31)30-8-6-15-10-25-20(28-18(15)11-30)29-19-5-7-24-13(2)27-19/h3-5,7,9-10,12H,6,8,11H2,1-2H3,(H,26,31)(H,24,25,27,28,29)/t12-/m1/s1. The summed E-state index contributed by atoms with van der Waals surface area (Å²) in [6.45, 7) is 4.71. The van der Waals surface area contributed by atoms with Crippen LogP contribution in [-0.2, 0) is 13.0 Å². The van der Waals surface area contributed by atoms with Gasteiger partial charge in [-0.15, -0.1) is 0 Å². The number of nitrogens with zero attached hydrogens (tertiary/aromatic N) is 5. The van der Waals surface area contributed by atoms with Crippen LogP contribution in [0, 0.1) is 6.92 Å². The molecule has 0 spiro atoms. The van der Waals surface area contributed by atoms with E-state index in [4.69, 9.17) is 23.2 Å². The summed E-state index contributed by atoms with van der Waals surface area (Å²) in [5.41, 5.74) is 2.73. The minimum atomic E-state index is -0.215. The van der Waals surface area contributed by atoms with Crippen LogP contribution >= 0.6 is 23.2 Å². The highest BCUT2D eigenvalue weighted by molar-refractivity contribution is 6.42. The lowest BCUT2D eigenvalue weighted by atomic mass is 10.1. The summed E-state index contributed by atoms with van der Waals surface area (Å²) in [7, 11) is 0. The molecule has 0 unspecified atom stereocenters. The van der Waals surface area contributed by atoms with Crippen LogP contribution in [-0.4, -0.2) is 37.4 Å². The van der Waals surface area contributed by atoms with Gasteiger partial charge in [-0.25, -0.2) is 24.7 Å². The Balaban J connectivity index is 1.43. The SMILES string of the molecule is Cc1nccc(Nc2ncc3c(n2)CN(C(=O)N[C@H](C)c2ccc(Cl)c(Cl)c2)CC3)n1. The van der Waals surface area contributed by atoms with Crippen LogP contribution < -0.4 is 10.6 Å². The molecule has 1 atom stereocenters. The van der Waals surface area contributed by atoms with Crippen LogP contribution in [0.4, 0.5) is 16.6 Å². The van der Waals surface area contributed by atoms with Gasteiger partial charge in [-0.3, -0.25) is 0 Å². The number of aromatic nitrogens is 4. The molecule has 160 valence electrons. The molecule has 0 bridgehead atoms. The smallest absolute Gasteiger partial charge is 0.318 e. The lowest BCUT2D eigenvalue weighted by Gasteiger charge is -2.29. The number of carbonyl (C=O) groups excluding carboxylic acids is 1. The largest absolute Gasteiger partial charge is 0.331 e. The first-order valence-electron chi connectivity index (χ1n) is 9.81. The van der Waals surface area contributed by atoms with Crippen molar-refractivity contribution in [2.75, 3.05) is 11.9 Å². The summed E-state index contributed by atoms with van der Waals surface area (Å²) in [4.78, 5) is 31.9. The van der Waals surface area contributed by atoms with Gasteiger partial charge in [-0.2, -0.15) is 0 Å². The zero-order valence-electron chi connectivity index (χ0n) is 17.1. The molecule has 0 saturated heterocycles. The fraction of sp³-hybridized carbons (Fsp3) is 0.286. The average molecular weight is 458 g/mol. The molecule has 2 N–H and O–H groups in total. The van der Waals surface area contributed by atoms with E-state index < -0.39 is 0 Å². The summed E-state index contributed by atoms with van der Waals surface area (Å²) in [6, 6.07) is 6.71. The first-order chi connectivity index (χ1) is 14.9. The van der Waals surface area contributed by atoms with Gasteiger partial charge in [0, 0.05) is 18.9 Å². The molecule has 4 rings (SSSR count). The van der Waals surface area contributed by atoms with Crippen molar-refractivity contribution in [2.45, 2.75) is 32.9 Å². The van der Waals surface area contributed by atoms with E-state index >= 15 is 0 Å². The fourth-order valence-corrected chi connectivity index (χ4v) is 3.63. The quantitative estimate of drug-likeness (QED) is 0.600. The Bertz CT molecular complexity index is 1120. The number of rotatable bonds is 4. The van der Waals surface area contributed by atoms with Crippen LogP contribution in [0.3, 0.4) is 0 Å². The van der Waals surface area contributed by atoms with Gasteiger partial charge in [0.2, 0.25) is 5.95 Å². The maximum Gasteiger partial charge on any atom is 0.318 e. The third-order valence-corrected chi connectivity index (χ3v) is 5.77. The molecule has 0 fully saturated rings. The number of halogens is 2. The monoisotopic (exact) mass is 457 g/mol. The molecule has 8 nitrogen and oxygen atoms in total. The van der Waals surface area contributed by atoms with Crippen molar-refractivity contribution < 1.29 is 4.79 Å². The number of urea groups is 1. The maximum absolute atomic E-state index is 12.8. The number of fused-ring (bicyclic) bond motifs is 1. The number of carbonyl (C=O) groups is 1. The van der Waals surface area contributed by atoms with E-state index in [-0.39, 0.29) is 12.1 Å². The highest BCUT2D eigenvalue weighted by Gasteiger charge is 2.24. The summed E-state index contributed by atoms with van der Waals surface area (Å²) < 4.78 is 0. The minimum Gasteiger partial charge on any atom is -0.331 e. The molecule has 3 aromatic rings. The molecule has 2 aromatic heterocycles. The van der Waals surface area contributed by atoms with E-state index in [9.17, 15) is 4.79 Å². The van der Waals surface area contributed by atoms with Crippen molar-refractivity contribution in [2.24, 2.45) is 0 Å². The first-order valence-corrected chi connectivity index (χ1v) is 10.6. The Morgan fingerprint density at radius 3 is 2.77 bits per heavy atom. The normalized spacial score (nSPS) is 14.0. The van der Waals surface area contributed by atoms with Crippen LogP contribution in [0.25, 0.3) is 0 Å². The van der Waals surface area contributed by atoms with Crippen LogP contribution in [0.2, 0.25) is 10.0 Å². The van der Waals surface area contributed by atoms with Gasteiger partial charge in [0.25, 0.3) is 0 Å². The Hall–Kier alpha value is -2.97. The Morgan fingerprint density at radius 1 is 1.16 bits per heavy atom. The van der Waals surface area contributed by atoms with Crippen LogP contribution in [0.5, 0.6) is 0 Å². The van der Waals surface area contributed by atoms with Crippen molar-refractivity contribution in [1.82, 2.24) is 30.2 Å². The first kappa shape index (κ1) is 21.3. The topological polar surface area (TPSA) is 95.9 Å². The lowest BCUT2D eigenvalue weighted by molar-refractivity contribution is 0.188. The van der Waals surface area contributed by atoms with Gasteiger partial charge in [-0.05, 0) is 49.6 Å². The second-order valence-corrected chi connectivity index (χ2v) is 8.11. The number of aryl methyl sites for hydroxylation is 1. The molecule has 1 aliphatic rings. The van der Waals surface area contributed by atoms with Crippen molar-refractivity contribution >= 4 is 41.0 Å². The minimum absolute atomic E-state index is 0.163. The van der Waals surface area contributed by atoms with Crippen LogP contribution in [0.1, 0.15) is 35.6 Å². The molecule has 3 heterocycles. The highest BCUT2D eigenvalue weighted by Crippen LogP contribution is 2.26. The van der Waals surface area contributed by atoms with Gasteiger partial charge >= 0.3 is 6.03 Å². The predicted octanol–water partition coefficient (Wildman–Crippen LogP) is 4.45. The summed E-state index contributed by atoms with van der Waals surface area (Å²) in [6.07, 6.45) is 4.16. The molecule has 2 amide bonds. The molecule has 10 heteroatoms. The van der Waals surface area contributed by atoms with Gasteiger partial charge < -0.3 is 15.5 Å². The second-order valence-electron chi connectivity index (χ2n) is 7.30. The van der Waals surface area contributed by atoms with E-state index in [2.05, 4.69) is 30.6 Å². The van der Waals surface area contributed by atoms with Crippen LogP contribution in [0.15, 0.2) is 36.7 Å². The Kier molecular flexibility index (Phi) is 6.20. The molecule has 0 aliphatic carbocycles. The molecule has 0 radical (unpaired) electrons. The van der Waals surface area contributed by atoms with Gasteiger partial charge in [-0.1, -0.05) is 29.3 Å². The Labute approximate surface area is 190 Å². The highest BCUT2D eigenvalue weighted by atomic mass is 35.5. The molecule has 1 aliphatic heterocycles. The maximum atomic E-state index is 12.8. The predicted molar refractivity (Wildman–Crippen MR) is 120 cm³/mol. The Morgan fingerprint density at radius 2 is 2.00 bits per heavy atom. The molecule has 31 heavy (non-hydrogen) atoms. The van der Waals surface area contributed by atoms with Crippen molar-refractivity contribution in [3.63, 3.8) is 0 Å². The lowest BCUT2D eigenvalue weighted by Crippen LogP contribution is -2.43. The van der Waals surface area contributed by atoms with Crippen molar-refractivity contribution in [3.05, 3.63) is 69.3 Å². The molecular formula is C21H21Cl2N7O. The van der Waals surface area contributed by atoms with E-state index in [1.807, 2.05) is 19.9 Å². The zero-order valence-corrected chi connectivity index (χ0v) is 18.6. The van der Waals surface area contributed by atoms with E-state index in [1.165, 1.54) is 0 Å². The van der Waals surface area contributed by atoms with E-state index in [0.717, 1.165) is 16.8 Å².